The first-order valence-electron chi connectivity index (χ1n) is 6.36. The molecule has 1 unspecified atom stereocenters. The summed E-state index contributed by atoms with van der Waals surface area (Å²) in [5, 5.41) is 6.41. The Kier molecular flexibility index (Phi) is 4.77. The molecule has 0 radical (unpaired) electrons. The number of amides is 1. The first-order valence-corrected chi connectivity index (χ1v) is 7.94. The standard InChI is InChI=1S/C13H18Cl2N2OS/c1-13(2)4-3-5-16-9(13)7-17-12(18)8-6-10(14)19-11(8)15/h6,9,16H,3-5,7H2,1-2H3,(H,17,18). The van der Waals surface area contributed by atoms with E-state index >= 15 is 0 Å². The molecular formula is C13H18Cl2N2OS. The van der Waals surface area contributed by atoms with Crippen molar-refractivity contribution in [2.24, 2.45) is 5.41 Å². The zero-order valence-electron chi connectivity index (χ0n) is 11.1. The van der Waals surface area contributed by atoms with E-state index in [0.29, 0.717) is 20.8 Å². The first-order chi connectivity index (χ1) is 8.90. The number of nitrogens with one attached hydrogen (secondary N) is 2. The summed E-state index contributed by atoms with van der Waals surface area (Å²) in [6.45, 7) is 6.07. The van der Waals surface area contributed by atoms with Gasteiger partial charge >= 0.3 is 0 Å². The smallest absolute Gasteiger partial charge is 0.253 e. The zero-order valence-corrected chi connectivity index (χ0v) is 13.4. The van der Waals surface area contributed by atoms with Gasteiger partial charge in [-0.05, 0) is 30.9 Å². The second-order valence-corrected chi connectivity index (χ2v) is 7.83. The third kappa shape index (κ3) is 3.63. The molecule has 106 valence electrons. The third-order valence-corrected chi connectivity index (χ3v) is 5.19. The first kappa shape index (κ1) is 15.1. The van der Waals surface area contributed by atoms with Crippen molar-refractivity contribution < 1.29 is 4.79 Å². The normalized spacial score (nSPS) is 22.2. The highest BCUT2D eigenvalue weighted by molar-refractivity contribution is 7.20. The Morgan fingerprint density at radius 2 is 2.32 bits per heavy atom. The molecule has 0 spiro atoms. The van der Waals surface area contributed by atoms with Crippen LogP contribution in [0.4, 0.5) is 0 Å². The van der Waals surface area contributed by atoms with Crippen LogP contribution in [0.5, 0.6) is 0 Å². The minimum Gasteiger partial charge on any atom is -0.350 e. The lowest BCUT2D eigenvalue weighted by Gasteiger charge is -2.39. The number of hydrogen-bond donors (Lipinski definition) is 2. The summed E-state index contributed by atoms with van der Waals surface area (Å²) in [7, 11) is 0. The van der Waals surface area contributed by atoms with Crippen LogP contribution in [0, 0.1) is 5.41 Å². The quantitative estimate of drug-likeness (QED) is 0.894. The van der Waals surface area contributed by atoms with E-state index in [1.165, 1.54) is 24.2 Å². The van der Waals surface area contributed by atoms with Crippen LogP contribution in [0.25, 0.3) is 0 Å². The molecule has 2 N–H and O–H groups in total. The van der Waals surface area contributed by atoms with Gasteiger partial charge in [-0.25, -0.2) is 0 Å². The fourth-order valence-corrected chi connectivity index (χ4v) is 3.86. The highest BCUT2D eigenvalue weighted by atomic mass is 35.5. The lowest BCUT2D eigenvalue weighted by molar-refractivity contribution is 0.0929. The number of piperidine rings is 1. The Labute approximate surface area is 127 Å². The maximum atomic E-state index is 12.1. The van der Waals surface area contributed by atoms with Crippen LogP contribution in [-0.4, -0.2) is 25.0 Å². The Morgan fingerprint density at radius 1 is 1.58 bits per heavy atom. The predicted octanol–water partition coefficient (Wildman–Crippen LogP) is 3.56. The molecule has 19 heavy (non-hydrogen) atoms. The molecule has 2 rings (SSSR count). The van der Waals surface area contributed by atoms with E-state index in [1.54, 1.807) is 6.07 Å². The largest absolute Gasteiger partial charge is 0.350 e. The molecule has 0 aliphatic carbocycles. The van der Waals surface area contributed by atoms with Crippen LogP contribution in [0.3, 0.4) is 0 Å². The maximum Gasteiger partial charge on any atom is 0.253 e. The maximum absolute atomic E-state index is 12.1. The summed E-state index contributed by atoms with van der Waals surface area (Å²) in [6, 6.07) is 1.90. The van der Waals surface area contributed by atoms with Gasteiger partial charge in [0.1, 0.15) is 4.34 Å². The summed E-state index contributed by atoms with van der Waals surface area (Å²) in [4.78, 5) is 12.1. The van der Waals surface area contributed by atoms with Crippen LogP contribution in [0.1, 0.15) is 37.0 Å². The minimum absolute atomic E-state index is 0.156. The molecule has 1 atom stereocenters. The molecule has 1 aliphatic heterocycles. The highest BCUT2D eigenvalue weighted by Crippen LogP contribution is 2.32. The summed E-state index contributed by atoms with van der Waals surface area (Å²) in [5.74, 6) is -0.156. The third-order valence-electron chi connectivity index (χ3n) is 3.70. The van der Waals surface area contributed by atoms with Gasteiger partial charge in [-0.3, -0.25) is 4.79 Å². The van der Waals surface area contributed by atoms with Gasteiger partial charge in [-0.1, -0.05) is 37.0 Å². The molecular weight excluding hydrogens is 303 g/mol. The SMILES string of the molecule is CC1(C)CCCNC1CNC(=O)c1cc(Cl)sc1Cl. The Hall–Kier alpha value is -0.290. The second kappa shape index (κ2) is 6.00. The van der Waals surface area contributed by atoms with Gasteiger partial charge in [0, 0.05) is 12.6 Å². The van der Waals surface area contributed by atoms with E-state index in [1.807, 2.05) is 0 Å². The van der Waals surface area contributed by atoms with Crippen LogP contribution < -0.4 is 10.6 Å². The average Bonchev–Trinajstić information content (AvgIpc) is 2.66. The van der Waals surface area contributed by atoms with Gasteiger partial charge in [0.05, 0.1) is 9.90 Å². The molecule has 1 fully saturated rings. The number of rotatable bonds is 3. The highest BCUT2D eigenvalue weighted by Gasteiger charge is 2.32. The van der Waals surface area contributed by atoms with Gasteiger partial charge in [0.2, 0.25) is 0 Å². The number of carbonyl (C=O) groups is 1. The van der Waals surface area contributed by atoms with Crippen molar-refractivity contribution in [2.45, 2.75) is 32.7 Å². The van der Waals surface area contributed by atoms with Crippen molar-refractivity contribution in [3.05, 3.63) is 20.3 Å². The molecule has 0 aromatic carbocycles. The van der Waals surface area contributed by atoms with Gasteiger partial charge < -0.3 is 10.6 Å². The monoisotopic (exact) mass is 320 g/mol. The van der Waals surface area contributed by atoms with Gasteiger partial charge in [-0.15, -0.1) is 11.3 Å². The molecule has 0 saturated carbocycles. The number of thiophene rings is 1. The van der Waals surface area contributed by atoms with Crippen molar-refractivity contribution >= 4 is 40.4 Å². The molecule has 1 aliphatic rings. The van der Waals surface area contributed by atoms with Crippen LogP contribution in [0.15, 0.2) is 6.07 Å². The van der Waals surface area contributed by atoms with E-state index in [-0.39, 0.29) is 17.4 Å². The Morgan fingerprint density at radius 3 is 2.89 bits per heavy atom. The molecule has 2 heterocycles. The lowest BCUT2D eigenvalue weighted by atomic mass is 9.77. The number of halogens is 2. The molecule has 3 nitrogen and oxygen atoms in total. The minimum atomic E-state index is -0.156. The zero-order chi connectivity index (χ0) is 14.0. The predicted molar refractivity (Wildman–Crippen MR) is 81.5 cm³/mol. The lowest BCUT2D eigenvalue weighted by Crippen LogP contribution is -2.52. The van der Waals surface area contributed by atoms with Crippen LogP contribution in [-0.2, 0) is 0 Å². The number of carbonyl (C=O) groups excluding carboxylic acids is 1. The van der Waals surface area contributed by atoms with Crippen molar-refractivity contribution in [3.8, 4) is 0 Å². The average molecular weight is 321 g/mol. The van der Waals surface area contributed by atoms with Crippen molar-refractivity contribution in [2.75, 3.05) is 13.1 Å². The Bertz CT molecular complexity index is 473. The summed E-state index contributed by atoms with van der Waals surface area (Å²) in [6.07, 6.45) is 2.36. The molecule has 1 aromatic heterocycles. The van der Waals surface area contributed by atoms with E-state index in [4.69, 9.17) is 23.2 Å². The topological polar surface area (TPSA) is 41.1 Å². The van der Waals surface area contributed by atoms with Gasteiger partial charge in [0.25, 0.3) is 5.91 Å². The second-order valence-electron chi connectivity index (χ2n) is 5.55. The number of hydrogen-bond acceptors (Lipinski definition) is 3. The molecule has 6 heteroatoms. The fourth-order valence-electron chi connectivity index (χ4n) is 2.40. The molecule has 1 saturated heterocycles. The van der Waals surface area contributed by atoms with E-state index in [2.05, 4.69) is 24.5 Å². The van der Waals surface area contributed by atoms with E-state index in [9.17, 15) is 4.79 Å². The summed E-state index contributed by atoms with van der Waals surface area (Å²) in [5.41, 5.74) is 0.659. The summed E-state index contributed by atoms with van der Waals surface area (Å²) >= 11 is 13.0. The summed E-state index contributed by atoms with van der Waals surface area (Å²) < 4.78 is 0.977. The van der Waals surface area contributed by atoms with Crippen molar-refractivity contribution in [3.63, 3.8) is 0 Å². The van der Waals surface area contributed by atoms with E-state index in [0.717, 1.165) is 6.54 Å². The fraction of sp³-hybridized carbons (Fsp3) is 0.615. The van der Waals surface area contributed by atoms with Crippen LogP contribution in [0.2, 0.25) is 8.67 Å². The van der Waals surface area contributed by atoms with Crippen LogP contribution >= 0.6 is 34.5 Å². The molecule has 1 amide bonds. The Balaban J connectivity index is 1.95. The van der Waals surface area contributed by atoms with Crippen molar-refractivity contribution in [1.82, 2.24) is 10.6 Å². The molecule has 0 bridgehead atoms. The van der Waals surface area contributed by atoms with E-state index < -0.39 is 0 Å². The van der Waals surface area contributed by atoms with Gasteiger partial charge in [0.15, 0.2) is 0 Å². The van der Waals surface area contributed by atoms with Gasteiger partial charge in [-0.2, -0.15) is 0 Å². The molecule has 1 aromatic rings. The van der Waals surface area contributed by atoms with Crippen molar-refractivity contribution in [1.29, 1.82) is 0 Å².